The molecule has 8 heteroatoms. The van der Waals surface area contributed by atoms with Crippen LogP contribution in [0.25, 0.3) is 0 Å². The monoisotopic (exact) mass is 417 g/mol. The summed E-state index contributed by atoms with van der Waals surface area (Å²) in [5, 5.41) is 9.12. The van der Waals surface area contributed by atoms with Crippen LogP contribution in [0, 0.1) is 0 Å². The van der Waals surface area contributed by atoms with E-state index in [1.807, 2.05) is 0 Å². The Kier molecular flexibility index (Phi) is 7.32. The molecule has 7 nitrogen and oxygen atoms in total. The van der Waals surface area contributed by atoms with Crippen molar-refractivity contribution in [3.63, 3.8) is 0 Å². The van der Waals surface area contributed by atoms with Crippen LogP contribution in [0.3, 0.4) is 0 Å². The van der Waals surface area contributed by atoms with Crippen molar-refractivity contribution in [1.29, 1.82) is 0 Å². The molecule has 1 unspecified atom stereocenters. The number of amides is 2. The van der Waals surface area contributed by atoms with Crippen molar-refractivity contribution in [3.05, 3.63) is 53.1 Å². The Balaban J connectivity index is 1.45. The van der Waals surface area contributed by atoms with E-state index in [0.717, 1.165) is 19.4 Å². The van der Waals surface area contributed by atoms with Gasteiger partial charge in [-0.3, -0.25) is 9.59 Å². The summed E-state index contributed by atoms with van der Waals surface area (Å²) in [5.74, 6) is 0.200. The number of hydrogen-bond acceptors (Lipinski definition) is 5. The first kappa shape index (κ1) is 21.0. The molecule has 1 saturated heterocycles. The van der Waals surface area contributed by atoms with Crippen molar-refractivity contribution in [3.8, 4) is 5.75 Å². The van der Waals surface area contributed by atoms with E-state index in [-0.39, 0.29) is 24.5 Å². The quantitative estimate of drug-likeness (QED) is 0.613. The van der Waals surface area contributed by atoms with E-state index >= 15 is 0 Å². The lowest BCUT2D eigenvalue weighted by atomic mass is 10.2. The zero-order valence-corrected chi connectivity index (χ0v) is 16.9. The molecule has 1 atom stereocenters. The van der Waals surface area contributed by atoms with E-state index in [9.17, 15) is 9.59 Å². The van der Waals surface area contributed by atoms with Gasteiger partial charge in [0, 0.05) is 30.1 Å². The van der Waals surface area contributed by atoms with Crippen LogP contribution in [-0.2, 0) is 9.53 Å². The third-order valence-corrected chi connectivity index (χ3v) is 4.85. The highest BCUT2D eigenvalue weighted by molar-refractivity contribution is 6.32. The standard InChI is InChI=1S/C21H24ClN3O4/c1-28-19-9-8-16(11-18(19)22)23-13-20(26)25-15-6-4-14(5-7-15)21(27)24-12-17-3-2-10-29-17/h4-9,11,17,23H,2-3,10,12-13H2,1H3,(H,24,27)(H,25,26). The number of hydrogen-bond donors (Lipinski definition) is 3. The fourth-order valence-electron chi connectivity index (χ4n) is 2.98. The number of halogens is 1. The molecule has 0 spiro atoms. The van der Waals surface area contributed by atoms with E-state index in [0.29, 0.717) is 34.3 Å². The first-order chi connectivity index (χ1) is 14.0. The Labute approximate surface area is 174 Å². The van der Waals surface area contributed by atoms with Crippen LogP contribution in [0.2, 0.25) is 5.02 Å². The van der Waals surface area contributed by atoms with E-state index in [4.69, 9.17) is 21.1 Å². The topological polar surface area (TPSA) is 88.7 Å². The van der Waals surface area contributed by atoms with Crippen LogP contribution in [0.1, 0.15) is 23.2 Å². The Hall–Kier alpha value is -2.77. The van der Waals surface area contributed by atoms with Crippen molar-refractivity contribution in [1.82, 2.24) is 5.32 Å². The van der Waals surface area contributed by atoms with Crippen LogP contribution >= 0.6 is 11.6 Å². The van der Waals surface area contributed by atoms with Gasteiger partial charge in [-0.25, -0.2) is 0 Å². The lowest BCUT2D eigenvalue weighted by molar-refractivity contribution is -0.114. The Bertz CT molecular complexity index is 852. The molecular formula is C21H24ClN3O4. The molecule has 0 bridgehead atoms. The Morgan fingerprint density at radius 2 is 1.93 bits per heavy atom. The number of anilines is 2. The maximum atomic E-state index is 12.2. The van der Waals surface area contributed by atoms with E-state index in [1.54, 1.807) is 49.6 Å². The van der Waals surface area contributed by atoms with Crippen LogP contribution < -0.4 is 20.7 Å². The molecule has 2 aromatic carbocycles. The van der Waals surface area contributed by atoms with Gasteiger partial charge >= 0.3 is 0 Å². The van der Waals surface area contributed by atoms with Crippen molar-refractivity contribution >= 4 is 34.8 Å². The second-order valence-electron chi connectivity index (χ2n) is 6.67. The molecule has 2 amide bonds. The fraction of sp³-hybridized carbons (Fsp3) is 0.333. The highest BCUT2D eigenvalue weighted by Gasteiger charge is 2.16. The first-order valence-corrected chi connectivity index (χ1v) is 9.80. The fourth-order valence-corrected chi connectivity index (χ4v) is 3.24. The summed E-state index contributed by atoms with van der Waals surface area (Å²) in [7, 11) is 1.54. The number of carbonyl (C=O) groups is 2. The average Bonchev–Trinajstić information content (AvgIpc) is 3.25. The summed E-state index contributed by atoms with van der Waals surface area (Å²) in [6, 6.07) is 11.9. The van der Waals surface area contributed by atoms with Crippen LogP contribution in [0.15, 0.2) is 42.5 Å². The van der Waals surface area contributed by atoms with E-state index < -0.39 is 0 Å². The van der Waals surface area contributed by atoms with E-state index in [1.165, 1.54) is 0 Å². The third-order valence-electron chi connectivity index (χ3n) is 4.55. The van der Waals surface area contributed by atoms with Crippen LogP contribution in [-0.4, -0.2) is 44.7 Å². The molecule has 3 N–H and O–H groups in total. The second kappa shape index (κ2) is 10.1. The predicted octanol–water partition coefficient (Wildman–Crippen LogP) is 3.31. The van der Waals surface area contributed by atoms with E-state index in [2.05, 4.69) is 16.0 Å². The van der Waals surface area contributed by atoms with Gasteiger partial charge in [0.15, 0.2) is 0 Å². The molecule has 3 rings (SSSR count). The van der Waals surface area contributed by atoms with Gasteiger partial charge in [0.2, 0.25) is 5.91 Å². The normalized spacial score (nSPS) is 15.6. The van der Waals surface area contributed by atoms with Gasteiger partial charge in [0.1, 0.15) is 5.75 Å². The minimum absolute atomic E-state index is 0.0757. The Morgan fingerprint density at radius 3 is 2.59 bits per heavy atom. The highest BCUT2D eigenvalue weighted by Crippen LogP contribution is 2.27. The summed E-state index contributed by atoms with van der Waals surface area (Å²) in [4.78, 5) is 24.3. The SMILES string of the molecule is COc1ccc(NCC(=O)Nc2ccc(C(=O)NCC3CCCO3)cc2)cc1Cl. The molecule has 2 aromatic rings. The van der Waals surface area contributed by atoms with Crippen LogP contribution in [0.5, 0.6) is 5.75 Å². The number of nitrogens with one attached hydrogen (secondary N) is 3. The third kappa shape index (κ3) is 6.10. The average molecular weight is 418 g/mol. The lowest BCUT2D eigenvalue weighted by Gasteiger charge is -2.11. The number of carbonyl (C=O) groups excluding carboxylic acids is 2. The molecule has 29 heavy (non-hydrogen) atoms. The summed E-state index contributed by atoms with van der Waals surface area (Å²) >= 11 is 6.07. The zero-order valence-electron chi connectivity index (χ0n) is 16.2. The Morgan fingerprint density at radius 1 is 1.17 bits per heavy atom. The minimum Gasteiger partial charge on any atom is -0.495 e. The van der Waals surface area contributed by atoms with Gasteiger partial charge in [-0.1, -0.05) is 11.6 Å². The highest BCUT2D eigenvalue weighted by atomic mass is 35.5. The molecule has 0 saturated carbocycles. The largest absolute Gasteiger partial charge is 0.495 e. The zero-order chi connectivity index (χ0) is 20.6. The molecule has 0 radical (unpaired) electrons. The molecule has 154 valence electrons. The number of methoxy groups -OCH3 is 1. The lowest BCUT2D eigenvalue weighted by Crippen LogP contribution is -2.31. The van der Waals surface area contributed by atoms with Gasteiger partial charge in [0.25, 0.3) is 5.91 Å². The van der Waals surface area contributed by atoms with Gasteiger partial charge in [0.05, 0.1) is 24.8 Å². The summed E-state index contributed by atoms with van der Waals surface area (Å²) in [6.07, 6.45) is 2.11. The minimum atomic E-state index is -0.215. The van der Waals surface area contributed by atoms with Crippen molar-refractivity contribution < 1.29 is 19.1 Å². The van der Waals surface area contributed by atoms with Gasteiger partial charge < -0.3 is 25.4 Å². The van der Waals surface area contributed by atoms with Crippen LogP contribution in [0.4, 0.5) is 11.4 Å². The first-order valence-electron chi connectivity index (χ1n) is 9.42. The van der Waals surface area contributed by atoms with Crippen molar-refractivity contribution in [2.45, 2.75) is 18.9 Å². The second-order valence-corrected chi connectivity index (χ2v) is 7.08. The molecule has 1 fully saturated rings. The molecule has 0 aliphatic carbocycles. The molecule has 1 aliphatic heterocycles. The molecule has 1 heterocycles. The van der Waals surface area contributed by atoms with Gasteiger partial charge in [-0.15, -0.1) is 0 Å². The smallest absolute Gasteiger partial charge is 0.251 e. The molecular weight excluding hydrogens is 394 g/mol. The van der Waals surface area contributed by atoms with Gasteiger partial charge in [-0.2, -0.15) is 0 Å². The van der Waals surface area contributed by atoms with Gasteiger partial charge in [-0.05, 0) is 55.3 Å². The van der Waals surface area contributed by atoms with Crippen molar-refractivity contribution in [2.24, 2.45) is 0 Å². The maximum absolute atomic E-state index is 12.2. The number of benzene rings is 2. The summed E-state index contributed by atoms with van der Waals surface area (Å²) < 4.78 is 10.6. The summed E-state index contributed by atoms with van der Waals surface area (Å²) in [6.45, 7) is 1.35. The molecule has 1 aliphatic rings. The predicted molar refractivity (Wildman–Crippen MR) is 113 cm³/mol. The number of ether oxygens (including phenoxy) is 2. The summed E-state index contributed by atoms with van der Waals surface area (Å²) in [5.41, 5.74) is 1.86. The molecule has 0 aromatic heterocycles. The van der Waals surface area contributed by atoms with Crippen molar-refractivity contribution in [2.75, 3.05) is 37.4 Å². The maximum Gasteiger partial charge on any atom is 0.251 e. The number of rotatable bonds is 8.